The predicted molar refractivity (Wildman–Crippen MR) is 107 cm³/mol. The first-order valence-electron chi connectivity index (χ1n) is 9.06. The molecule has 0 saturated carbocycles. The molecule has 1 saturated heterocycles. The van der Waals surface area contributed by atoms with Crippen LogP contribution in [-0.4, -0.2) is 31.4 Å². The summed E-state index contributed by atoms with van der Waals surface area (Å²) >= 11 is 1.83. The zero-order valence-electron chi connectivity index (χ0n) is 14.9. The zero-order valence-corrected chi connectivity index (χ0v) is 15.7. The topological polar surface area (TPSA) is 33.4 Å². The Balaban J connectivity index is 1.60. The lowest BCUT2D eigenvalue weighted by molar-refractivity contribution is 0.312. The van der Waals surface area contributed by atoms with Crippen molar-refractivity contribution < 1.29 is 4.39 Å². The van der Waals surface area contributed by atoms with E-state index in [1.165, 1.54) is 12.1 Å². The highest BCUT2D eigenvalue weighted by molar-refractivity contribution is 8.14. The molecule has 4 heterocycles. The number of halogens is 1. The van der Waals surface area contributed by atoms with Gasteiger partial charge < -0.3 is 9.47 Å². The van der Waals surface area contributed by atoms with E-state index in [-0.39, 0.29) is 17.9 Å². The maximum Gasteiger partial charge on any atom is 0.160 e. The molecule has 136 valence electrons. The first-order valence-corrected chi connectivity index (χ1v) is 9.94. The van der Waals surface area contributed by atoms with Crippen LogP contribution in [0.2, 0.25) is 0 Å². The largest absolute Gasteiger partial charge is 0.339 e. The van der Waals surface area contributed by atoms with Crippen LogP contribution < -0.4 is 0 Å². The van der Waals surface area contributed by atoms with Gasteiger partial charge in [0, 0.05) is 35.6 Å². The number of nitrogens with zero attached hydrogens (tertiary/aromatic N) is 4. The van der Waals surface area contributed by atoms with Crippen molar-refractivity contribution in [2.24, 2.45) is 4.99 Å². The number of thioether (sulfide) groups is 1. The molecule has 2 aliphatic heterocycles. The molecule has 3 atom stereocenters. The van der Waals surface area contributed by atoms with E-state index in [4.69, 9.17) is 4.99 Å². The van der Waals surface area contributed by atoms with Crippen molar-refractivity contribution in [3.63, 3.8) is 0 Å². The molecule has 1 aromatic carbocycles. The van der Waals surface area contributed by atoms with Gasteiger partial charge in [-0.15, -0.1) is 0 Å². The van der Waals surface area contributed by atoms with Gasteiger partial charge in [-0.2, -0.15) is 0 Å². The second-order valence-electron chi connectivity index (χ2n) is 6.92. The fourth-order valence-corrected chi connectivity index (χ4v) is 5.00. The van der Waals surface area contributed by atoms with Crippen LogP contribution in [0.5, 0.6) is 0 Å². The smallest absolute Gasteiger partial charge is 0.160 e. The molecule has 0 amide bonds. The van der Waals surface area contributed by atoms with Crippen LogP contribution in [0.25, 0.3) is 5.69 Å². The third-order valence-electron chi connectivity index (χ3n) is 5.07. The molecule has 0 spiro atoms. The Kier molecular flexibility index (Phi) is 4.01. The van der Waals surface area contributed by atoms with Gasteiger partial charge in [-0.1, -0.05) is 24.8 Å². The molecule has 0 radical (unpaired) electrons. The summed E-state index contributed by atoms with van der Waals surface area (Å²) in [4.78, 5) is 12.0. The van der Waals surface area contributed by atoms with E-state index < -0.39 is 0 Å². The molecular formula is C21H19FN4S. The Morgan fingerprint density at radius 1 is 1.07 bits per heavy atom. The predicted octanol–water partition coefficient (Wildman–Crippen LogP) is 4.60. The Hall–Kier alpha value is -2.60. The SMILES string of the molecule is CC1CN2C(=NC(c3ccccn3)C2c2cccn2-c2ccc(F)cc2)S1. The molecule has 0 aliphatic carbocycles. The van der Waals surface area contributed by atoms with E-state index in [2.05, 4.69) is 27.4 Å². The van der Waals surface area contributed by atoms with Gasteiger partial charge in [-0.25, -0.2) is 4.39 Å². The summed E-state index contributed by atoms with van der Waals surface area (Å²) in [6.45, 7) is 3.20. The molecule has 6 heteroatoms. The Morgan fingerprint density at radius 3 is 2.70 bits per heavy atom. The summed E-state index contributed by atoms with van der Waals surface area (Å²) in [7, 11) is 0. The van der Waals surface area contributed by atoms with Crippen molar-refractivity contribution in [1.29, 1.82) is 0 Å². The van der Waals surface area contributed by atoms with Crippen LogP contribution in [0.15, 0.2) is 72.0 Å². The van der Waals surface area contributed by atoms with Gasteiger partial charge in [0.1, 0.15) is 11.9 Å². The van der Waals surface area contributed by atoms with Crippen molar-refractivity contribution >= 4 is 16.9 Å². The third kappa shape index (κ3) is 2.84. The number of aromatic nitrogens is 2. The van der Waals surface area contributed by atoms with E-state index in [1.54, 1.807) is 0 Å². The number of benzene rings is 1. The highest BCUT2D eigenvalue weighted by atomic mass is 32.2. The van der Waals surface area contributed by atoms with Crippen molar-refractivity contribution in [1.82, 2.24) is 14.5 Å². The highest BCUT2D eigenvalue weighted by Gasteiger charge is 2.44. The van der Waals surface area contributed by atoms with Gasteiger partial charge in [0.05, 0.1) is 11.7 Å². The van der Waals surface area contributed by atoms with E-state index in [1.807, 2.05) is 60.6 Å². The van der Waals surface area contributed by atoms with Crippen molar-refractivity contribution in [3.8, 4) is 5.69 Å². The number of fused-ring (bicyclic) bond motifs is 1. The third-order valence-corrected chi connectivity index (χ3v) is 6.17. The molecule has 1 fully saturated rings. The van der Waals surface area contributed by atoms with Crippen LogP contribution in [0.1, 0.15) is 30.4 Å². The molecule has 27 heavy (non-hydrogen) atoms. The quantitative estimate of drug-likeness (QED) is 0.668. The Labute approximate surface area is 161 Å². The second kappa shape index (κ2) is 6.53. The molecule has 0 bridgehead atoms. The first kappa shape index (κ1) is 16.6. The molecule has 2 aliphatic rings. The average Bonchev–Trinajstić information content (AvgIpc) is 3.37. The normalized spacial score (nSPS) is 24.1. The Morgan fingerprint density at radius 2 is 1.93 bits per heavy atom. The summed E-state index contributed by atoms with van der Waals surface area (Å²) in [5, 5.41) is 1.61. The van der Waals surface area contributed by atoms with Crippen LogP contribution in [-0.2, 0) is 0 Å². The van der Waals surface area contributed by atoms with E-state index in [0.717, 1.165) is 28.8 Å². The van der Waals surface area contributed by atoms with E-state index in [0.29, 0.717) is 5.25 Å². The maximum atomic E-state index is 13.4. The number of amidine groups is 1. The van der Waals surface area contributed by atoms with Crippen LogP contribution in [0.3, 0.4) is 0 Å². The molecule has 0 N–H and O–H groups in total. The standard InChI is InChI=1S/C21H19FN4S/c1-14-13-26-20(19(24-21(26)27-14)17-5-2-3-11-23-17)18-6-4-12-25(18)16-9-7-15(22)8-10-16/h2-12,14,19-20H,13H2,1H3. The zero-order chi connectivity index (χ0) is 18.4. The minimum atomic E-state index is -0.227. The van der Waals surface area contributed by atoms with Crippen molar-refractivity contribution in [2.45, 2.75) is 24.3 Å². The summed E-state index contributed by atoms with van der Waals surface area (Å²) in [6, 6.07) is 16.8. The Bertz CT molecular complexity index is 983. The summed E-state index contributed by atoms with van der Waals surface area (Å²) < 4.78 is 15.5. The molecular weight excluding hydrogens is 359 g/mol. The molecule has 2 aromatic heterocycles. The van der Waals surface area contributed by atoms with Gasteiger partial charge in [-0.3, -0.25) is 9.98 Å². The fourth-order valence-electron chi connectivity index (χ4n) is 3.91. The van der Waals surface area contributed by atoms with Gasteiger partial charge in [0.15, 0.2) is 5.17 Å². The summed E-state index contributed by atoms with van der Waals surface area (Å²) in [6.07, 6.45) is 3.85. The lowest BCUT2D eigenvalue weighted by Crippen LogP contribution is -2.30. The number of hydrogen-bond acceptors (Lipinski definition) is 4. The molecule has 3 aromatic rings. The first-order chi connectivity index (χ1) is 13.2. The van der Waals surface area contributed by atoms with Gasteiger partial charge in [0.25, 0.3) is 0 Å². The van der Waals surface area contributed by atoms with Crippen LogP contribution in [0, 0.1) is 5.82 Å². The molecule has 5 rings (SSSR count). The summed E-state index contributed by atoms with van der Waals surface area (Å²) in [5.41, 5.74) is 3.07. The average molecular weight is 378 g/mol. The van der Waals surface area contributed by atoms with Gasteiger partial charge >= 0.3 is 0 Å². The molecule has 4 nitrogen and oxygen atoms in total. The van der Waals surface area contributed by atoms with Gasteiger partial charge in [0.2, 0.25) is 0 Å². The van der Waals surface area contributed by atoms with E-state index >= 15 is 0 Å². The number of aliphatic imine (C=N–C) groups is 1. The van der Waals surface area contributed by atoms with Crippen LogP contribution in [0.4, 0.5) is 4.39 Å². The van der Waals surface area contributed by atoms with Gasteiger partial charge in [-0.05, 0) is 48.5 Å². The maximum absolute atomic E-state index is 13.4. The minimum Gasteiger partial charge on any atom is -0.339 e. The lowest BCUT2D eigenvalue weighted by atomic mass is 10.0. The second-order valence-corrected chi connectivity index (χ2v) is 8.32. The molecule has 3 unspecified atom stereocenters. The fraction of sp³-hybridized carbons (Fsp3) is 0.238. The number of rotatable bonds is 3. The van der Waals surface area contributed by atoms with Crippen LogP contribution >= 0.6 is 11.8 Å². The summed E-state index contributed by atoms with van der Waals surface area (Å²) in [5.74, 6) is -0.227. The lowest BCUT2D eigenvalue weighted by Gasteiger charge is -2.28. The van der Waals surface area contributed by atoms with E-state index in [9.17, 15) is 4.39 Å². The monoisotopic (exact) mass is 378 g/mol. The number of pyridine rings is 1. The highest BCUT2D eigenvalue weighted by Crippen LogP contribution is 2.47. The number of hydrogen-bond donors (Lipinski definition) is 0. The van der Waals surface area contributed by atoms with Crippen molar-refractivity contribution in [2.75, 3.05) is 6.54 Å². The minimum absolute atomic E-state index is 0.0460. The van der Waals surface area contributed by atoms with Crippen molar-refractivity contribution in [3.05, 3.63) is 84.2 Å².